The van der Waals surface area contributed by atoms with Gasteiger partial charge in [0.25, 0.3) is 0 Å². The van der Waals surface area contributed by atoms with Crippen molar-refractivity contribution in [2.75, 3.05) is 30.1 Å². The summed E-state index contributed by atoms with van der Waals surface area (Å²) in [5.41, 5.74) is 4.41. The maximum Gasteiger partial charge on any atom is 0.148 e. The zero-order chi connectivity index (χ0) is 10.5. The third-order valence-electron chi connectivity index (χ3n) is 1.45. The molecule has 6 heteroatoms. The molecule has 0 fully saturated rings. The van der Waals surface area contributed by atoms with Crippen LogP contribution in [-0.2, 0) is 9.84 Å². The quantitative estimate of drug-likeness (QED) is 0.597. The minimum Gasteiger partial charge on any atom is -0.388 e. The highest BCUT2D eigenvalue weighted by molar-refractivity contribution is 8.00. The first-order valence-electron chi connectivity index (χ1n) is 3.95. The highest BCUT2D eigenvalue weighted by atomic mass is 32.2. The summed E-state index contributed by atoms with van der Waals surface area (Å²) in [6.07, 6.45) is 1.20. The van der Waals surface area contributed by atoms with E-state index < -0.39 is 15.4 Å². The van der Waals surface area contributed by atoms with Crippen LogP contribution in [0.15, 0.2) is 0 Å². The summed E-state index contributed by atoms with van der Waals surface area (Å²) in [4.78, 5) is 0. The lowest BCUT2D eigenvalue weighted by Gasteiger charge is -2.19. The molecule has 1 unspecified atom stereocenters. The molecule has 4 nitrogen and oxygen atoms in total. The monoisotopic (exact) mass is 227 g/mol. The van der Waals surface area contributed by atoms with Crippen molar-refractivity contribution in [1.82, 2.24) is 0 Å². The smallest absolute Gasteiger partial charge is 0.148 e. The van der Waals surface area contributed by atoms with Gasteiger partial charge in [-0.3, -0.25) is 0 Å². The van der Waals surface area contributed by atoms with Gasteiger partial charge in [-0.25, -0.2) is 8.42 Å². The minimum atomic E-state index is -2.88. The van der Waals surface area contributed by atoms with Gasteiger partial charge in [0.05, 0.1) is 11.4 Å². The standard InChI is InChI=1S/C7H17NO3S2/c1-7(9,5-8)6-12-3-4-13(2,10)11/h9H,3-6,8H2,1-2H3. The van der Waals surface area contributed by atoms with Crippen molar-refractivity contribution in [1.29, 1.82) is 0 Å². The highest BCUT2D eigenvalue weighted by Crippen LogP contribution is 2.11. The number of sulfone groups is 1. The van der Waals surface area contributed by atoms with E-state index in [9.17, 15) is 13.5 Å². The molecule has 0 rings (SSSR count). The zero-order valence-corrected chi connectivity index (χ0v) is 9.62. The Kier molecular flexibility index (Phi) is 5.28. The number of nitrogens with two attached hydrogens (primary N) is 1. The summed E-state index contributed by atoms with van der Waals surface area (Å²) in [6.45, 7) is 1.83. The topological polar surface area (TPSA) is 80.4 Å². The Hall–Kier alpha value is 0.220. The van der Waals surface area contributed by atoms with Crippen LogP contribution in [0.2, 0.25) is 0 Å². The lowest BCUT2D eigenvalue weighted by atomic mass is 10.1. The van der Waals surface area contributed by atoms with Gasteiger partial charge in [-0.2, -0.15) is 11.8 Å². The van der Waals surface area contributed by atoms with Crippen molar-refractivity contribution in [3.63, 3.8) is 0 Å². The first-order chi connectivity index (χ1) is 5.77. The largest absolute Gasteiger partial charge is 0.388 e. The van der Waals surface area contributed by atoms with E-state index in [0.29, 0.717) is 11.5 Å². The molecule has 0 aromatic rings. The summed E-state index contributed by atoms with van der Waals surface area (Å²) in [5, 5.41) is 9.46. The Morgan fingerprint density at radius 2 is 2.08 bits per heavy atom. The molecule has 0 aliphatic carbocycles. The van der Waals surface area contributed by atoms with Gasteiger partial charge in [0.2, 0.25) is 0 Å². The van der Waals surface area contributed by atoms with Crippen LogP contribution < -0.4 is 5.73 Å². The SMILES string of the molecule is CC(O)(CN)CSCCS(C)(=O)=O. The van der Waals surface area contributed by atoms with Gasteiger partial charge in [0.1, 0.15) is 9.84 Å². The fourth-order valence-corrected chi connectivity index (χ4v) is 2.95. The van der Waals surface area contributed by atoms with Gasteiger partial charge in [-0.15, -0.1) is 0 Å². The van der Waals surface area contributed by atoms with Gasteiger partial charge in [0, 0.05) is 24.3 Å². The van der Waals surface area contributed by atoms with Crippen LogP contribution in [0.4, 0.5) is 0 Å². The Bertz CT molecular complexity index is 236. The van der Waals surface area contributed by atoms with E-state index in [2.05, 4.69) is 0 Å². The van der Waals surface area contributed by atoms with Crippen molar-refractivity contribution < 1.29 is 13.5 Å². The van der Waals surface area contributed by atoms with E-state index in [1.54, 1.807) is 6.92 Å². The van der Waals surface area contributed by atoms with Gasteiger partial charge in [-0.05, 0) is 6.92 Å². The molecular weight excluding hydrogens is 210 g/mol. The first-order valence-corrected chi connectivity index (χ1v) is 7.16. The van der Waals surface area contributed by atoms with Gasteiger partial charge in [0.15, 0.2) is 0 Å². The molecule has 1 atom stereocenters. The van der Waals surface area contributed by atoms with E-state index >= 15 is 0 Å². The number of rotatable bonds is 6. The lowest BCUT2D eigenvalue weighted by Crippen LogP contribution is -2.36. The van der Waals surface area contributed by atoms with E-state index in [1.807, 2.05) is 0 Å². The van der Waals surface area contributed by atoms with Crippen LogP contribution in [0.25, 0.3) is 0 Å². The first kappa shape index (κ1) is 13.2. The average Bonchev–Trinajstić information content (AvgIpc) is 1.97. The van der Waals surface area contributed by atoms with Crippen LogP contribution in [-0.4, -0.2) is 49.2 Å². The summed E-state index contributed by atoms with van der Waals surface area (Å²) < 4.78 is 21.4. The normalized spacial score (nSPS) is 16.9. The Morgan fingerprint density at radius 3 is 2.46 bits per heavy atom. The summed E-state index contributed by atoms with van der Waals surface area (Å²) >= 11 is 1.40. The highest BCUT2D eigenvalue weighted by Gasteiger charge is 2.17. The summed E-state index contributed by atoms with van der Waals surface area (Å²) in [7, 11) is -2.88. The second-order valence-electron chi connectivity index (χ2n) is 3.38. The molecule has 0 amide bonds. The molecule has 13 heavy (non-hydrogen) atoms. The predicted molar refractivity (Wildman–Crippen MR) is 56.7 cm³/mol. The molecule has 0 aliphatic rings. The molecule has 0 aromatic heterocycles. The second kappa shape index (κ2) is 5.19. The molecule has 0 saturated carbocycles. The van der Waals surface area contributed by atoms with Crippen LogP contribution >= 0.6 is 11.8 Å². The van der Waals surface area contributed by atoms with Gasteiger partial charge >= 0.3 is 0 Å². The van der Waals surface area contributed by atoms with Crippen molar-refractivity contribution in [2.45, 2.75) is 12.5 Å². The maximum atomic E-state index is 10.7. The third-order valence-corrected chi connectivity index (χ3v) is 3.97. The molecule has 0 spiro atoms. The van der Waals surface area contributed by atoms with Crippen LogP contribution in [0, 0.1) is 0 Å². The molecule has 0 radical (unpaired) electrons. The molecule has 80 valence electrons. The maximum absolute atomic E-state index is 10.7. The average molecular weight is 227 g/mol. The van der Waals surface area contributed by atoms with E-state index in [0.717, 1.165) is 0 Å². The number of hydrogen-bond donors (Lipinski definition) is 2. The Balaban J connectivity index is 3.58. The van der Waals surface area contributed by atoms with E-state index in [1.165, 1.54) is 18.0 Å². The molecule has 3 N–H and O–H groups in total. The van der Waals surface area contributed by atoms with Crippen LogP contribution in [0.3, 0.4) is 0 Å². The summed E-state index contributed by atoms with van der Waals surface area (Å²) in [5.74, 6) is 1.13. The van der Waals surface area contributed by atoms with Crippen LogP contribution in [0.5, 0.6) is 0 Å². The van der Waals surface area contributed by atoms with Crippen molar-refractivity contribution in [3.8, 4) is 0 Å². The Morgan fingerprint density at radius 1 is 1.54 bits per heavy atom. The number of hydrogen-bond acceptors (Lipinski definition) is 5. The summed E-state index contributed by atoms with van der Waals surface area (Å²) in [6, 6.07) is 0. The van der Waals surface area contributed by atoms with Gasteiger partial charge in [-0.1, -0.05) is 0 Å². The molecule has 0 aliphatic heterocycles. The Labute approximate surface area is 83.8 Å². The molecule has 0 saturated heterocycles. The zero-order valence-electron chi connectivity index (χ0n) is 7.99. The van der Waals surface area contributed by atoms with Crippen molar-refractivity contribution in [3.05, 3.63) is 0 Å². The van der Waals surface area contributed by atoms with Gasteiger partial charge < -0.3 is 10.8 Å². The number of aliphatic hydroxyl groups is 1. The molecule has 0 aromatic carbocycles. The molecule has 0 heterocycles. The minimum absolute atomic E-state index is 0.151. The lowest BCUT2D eigenvalue weighted by molar-refractivity contribution is 0.0950. The predicted octanol–water partition coefficient (Wildman–Crippen LogP) is -0.526. The van der Waals surface area contributed by atoms with Crippen LogP contribution in [0.1, 0.15) is 6.92 Å². The fourth-order valence-electron chi connectivity index (χ4n) is 0.561. The van der Waals surface area contributed by atoms with Crippen molar-refractivity contribution >= 4 is 21.6 Å². The number of thioether (sulfide) groups is 1. The third kappa shape index (κ3) is 8.55. The van der Waals surface area contributed by atoms with E-state index in [-0.39, 0.29) is 12.3 Å². The second-order valence-corrected chi connectivity index (χ2v) is 6.75. The molecule has 0 bridgehead atoms. The fraction of sp³-hybridized carbons (Fsp3) is 1.00. The van der Waals surface area contributed by atoms with E-state index in [4.69, 9.17) is 5.73 Å². The van der Waals surface area contributed by atoms with Crippen molar-refractivity contribution in [2.24, 2.45) is 5.73 Å². The molecular formula is C7H17NO3S2.